The van der Waals surface area contributed by atoms with Gasteiger partial charge in [-0.25, -0.2) is 9.37 Å². The SMILES string of the molecule is O=C(CN1CCN(c2ccc3cc([N+](=O)[O-])ccc3n2)CC1)Nc1ccccc1F. The Labute approximate surface area is 172 Å². The first-order valence-corrected chi connectivity index (χ1v) is 9.56. The van der Waals surface area contributed by atoms with Gasteiger partial charge in [-0.1, -0.05) is 12.1 Å². The van der Waals surface area contributed by atoms with E-state index < -0.39 is 10.7 Å². The molecule has 0 saturated carbocycles. The zero-order chi connectivity index (χ0) is 21.1. The minimum Gasteiger partial charge on any atom is -0.354 e. The van der Waals surface area contributed by atoms with Gasteiger partial charge < -0.3 is 10.2 Å². The van der Waals surface area contributed by atoms with Gasteiger partial charge in [0.15, 0.2) is 0 Å². The molecule has 1 amide bonds. The third-order valence-corrected chi connectivity index (χ3v) is 5.08. The summed E-state index contributed by atoms with van der Waals surface area (Å²) in [6.07, 6.45) is 0. The van der Waals surface area contributed by atoms with E-state index in [0.29, 0.717) is 31.7 Å². The summed E-state index contributed by atoms with van der Waals surface area (Å²) in [5.74, 6) is 0.0918. The van der Waals surface area contributed by atoms with Crippen molar-refractivity contribution in [3.05, 3.63) is 70.5 Å². The van der Waals surface area contributed by atoms with E-state index in [4.69, 9.17) is 0 Å². The molecule has 1 N–H and O–H groups in total. The first kappa shape index (κ1) is 19.7. The number of benzene rings is 2. The molecular weight excluding hydrogens is 389 g/mol. The Bertz CT molecular complexity index is 1100. The molecule has 2 heterocycles. The highest BCUT2D eigenvalue weighted by molar-refractivity contribution is 5.92. The van der Waals surface area contributed by atoms with E-state index in [1.165, 1.54) is 24.3 Å². The summed E-state index contributed by atoms with van der Waals surface area (Å²) in [5, 5.41) is 14.2. The molecule has 0 unspecified atom stereocenters. The summed E-state index contributed by atoms with van der Waals surface area (Å²) in [5.41, 5.74) is 0.922. The van der Waals surface area contributed by atoms with Gasteiger partial charge in [-0.15, -0.1) is 0 Å². The van der Waals surface area contributed by atoms with Crippen molar-refractivity contribution in [2.24, 2.45) is 0 Å². The van der Waals surface area contributed by atoms with Crippen molar-refractivity contribution in [1.82, 2.24) is 9.88 Å². The van der Waals surface area contributed by atoms with Crippen molar-refractivity contribution >= 4 is 34.0 Å². The molecule has 0 aliphatic carbocycles. The van der Waals surface area contributed by atoms with Gasteiger partial charge in [0.05, 0.1) is 22.7 Å². The van der Waals surface area contributed by atoms with Crippen molar-refractivity contribution < 1.29 is 14.1 Å². The number of para-hydroxylation sites is 1. The number of hydrogen-bond acceptors (Lipinski definition) is 6. The Hall–Kier alpha value is -3.59. The van der Waals surface area contributed by atoms with Crippen LogP contribution in [0.1, 0.15) is 0 Å². The molecule has 1 fully saturated rings. The van der Waals surface area contributed by atoms with Crippen molar-refractivity contribution in [3.8, 4) is 0 Å². The Balaban J connectivity index is 1.35. The molecule has 30 heavy (non-hydrogen) atoms. The fraction of sp³-hybridized carbons (Fsp3) is 0.238. The fourth-order valence-electron chi connectivity index (χ4n) is 3.48. The van der Waals surface area contributed by atoms with Gasteiger partial charge in [-0.05, 0) is 30.3 Å². The summed E-state index contributed by atoms with van der Waals surface area (Å²) in [6.45, 7) is 2.92. The van der Waals surface area contributed by atoms with E-state index in [1.54, 1.807) is 18.2 Å². The summed E-state index contributed by atoms with van der Waals surface area (Å²) in [7, 11) is 0. The van der Waals surface area contributed by atoms with Gasteiger partial charge in [0.2, 0.25) is 5.91 Å². The lowest BCUT2D eigenvalue weighted by Gasteiger charge is -2.35. The molecule has 1 aromatic heterocycles. The number of anilines is 2. The van der Waals surface area contributed by atoms with Crippen molar-refractivity contribution in [3.63, 3.8) is 0 Å². The van der Waals surface area contributed by atoms with Crippen LogP contribution in [0, 0.1) is 15.9 Å². The number of carbonyl (C=O) groups excluding carboxylic acids is 1. The molecule has 9 heteroatoms. The molecule has 8 nitrogen and oxygen atoms in total. The lowest BCUT2D eigenvalue weighted by Crippen LogP contribution is -2.49. The maximum absolute atomic E-state index is 13.7. The number of nitrogens with zero attached hydrogens (tertiary/aromatic N) is 4. The molecule has 0 atom stereocenters. The number of aromatic nitrogens is 1. The number of piperazine rings is 1. The number of nitro benzene ring substituents is 1. The Morgan fingerprint density at radius 1 is 1.10 bits per heavy atom. The highest BCUT2D eigenvalue weighted by Crippen LogP contribution is 2.23. The second-order valence-electron chi connectivity index (χ2n) is 7.09. The van der Waals surface area contributed by atoms with Crippen LogP contribution < -0.4 is 10.2 Å². The minimum absolute atomic E-state index is 0.0410. The topological polar surface area (TPSA) is 91.6 Å². The number of carbonyl (C=O) groups is 1. The third-order valence-electron chi connectivity index (χ3n) is 5.08. The molecular formula is C21H20FN5O3. The molecule has 1 aliphatic rings. The second kappa shape index (κ2) is 8.42. The fourth-order valence-corrected chi connectivity index (χ4v) is 3.48. The average molecular weight is 409 g/mol. The monoisotopic (exact) mass is 409 g/mol. The quantitative estimate of drug-likeness (QED) is 0.514. The van der Waals surface area contributed by atoms with Crippen molar-refractivity contribution in [2.75, 3.05) is 42.9 Å². The maximum Gasteiger partial charge on any atom is 0.270 e. The molecule has 0 bridgehead atoms. The highest BCUT2D eigenvalue weighted by atomic mass is 19.1. The van der Waals surface area contributed by atoms with E-state index in [9.17, 15) is 19.3 Å². The molecule has 3 aromatic rings. The van der Waals surface area contributed by atoms with E-state index in [-0.39, 0.29) is 23.8 Å². The number of non-ortho nitro benzene ring substituents is 1. The van der Waals surface area contributed by atoms with Crippen LogP contribution >= 0.6 is 0 Å². The van der Waals surface area contributed by atoms with Gasteiger partial charge >= 0.3 is 0 Å². The van der Waals surface area contributed by atoms with Crippen LogP contribution in [0.2, 0.25) is 0 Å². The number of nitrogens with one attached hydrogen (secondary N) is 1. The molecule has 1 saturated heterocycles. The molecule has 4 rings (SSSR count). The average Bonchev–Trinajstić information content (AvgIpc) is 2.75. The van der Waals surface area contributed by atoms with Crippen LogP contribution in [0.3, 0.4) is 0 Å². The highest BCUT2D eigenvalue weighted by Gasteiger charge is 2.20. The number of fused-ring (bicyclic) bond motifs is 1. The second-order valence-corrected chi connectivity index (χ2v) is 7.09. The van der Waals surface area contributed by atoms with Crippen LogP contribution in [0.5, 0.6) is 0 Å². The smallest absolute Gasteiger partial charge is 0.270 e. The summed E-state index contributed by atoms with van der Waals surface area (Å²) in [6, 6.07) is 14.4. The summed E-state index contributed by atoms with van der Waals surface area (Å²) >= 11 is 0. The van der Waals surface area contributed by atoms with Crippen LogP contribution in [0.4, 0.5) is 21.6 Å². The molecule has 0 spiro atoms. The van der Waals surface area contributed by atoms with Gasteiger partial charge in [-0.2, -0.15) is 0 Å². The standard InChI is InChI=1S/C21H20FN5O3/c22-17-3-1-2-4-19(17)24-21(28)14-25-9-11-26(12-10-25)20-8-5-15-13-16(27(29)30)6-7-18(15)23-20/h1-8,13H,9-12,14H2,(H,24,28). The maximum atomic E-state index is 13.7. The van der Waals surface area contributed by atoms with E-state index in [2.05, 4.69) is 15.2 Å². The number of hydrogen-bond donors (Lipinski definition) is 1. The third kappa shape index (κ3) is 4.36. The van der Waals surface area contributed by atoms with Crippen molar-refractivity contribution in [1.29, 1.82) is 0 Å². The first-order chi connectivity index (χ1) is 14.5. The number of rotatable bonds is 5. The van der Waals surface area contributed by atoms with Gasteiger partial charge in [-0.3, -0.25) is 19.8 Å². The minimum atomic E-state index is -0.455. The van der Waals surface area contributed by atoms with Crippen LogP contribution in [-0.4, -0.2) is 53.4 Å². The lowest BCUT2D eigenvalue weighted by molar-refractivity contribution is -0.384. The number of nitro groups is 1. The number of pyridine rings is 1. The number of amides is 1. The predicted octanol–water partition coefficient (Wildman–Crippen LogP) is 3.04. The summed E-state index contributed by atoms with van der Waals surface area (Å²) < 4.78 is 13.7. The lowest BCUT2D eigenvalue weighted by atomic mass is 10.2. The van der Waals surface area contributed by atoms with Gasteiger partial charge in [0, 0.05) is 43.7 Å². The largest absolute Gasteiger partial charge is 0.354 e. The zero-order valence-electron chi connectivity index (χ0n) is 16.1. The van der Waals surface area contributed by atoms with Crippen LogP contribution in [-0.2, 0) is 4.79 Å². The molecule has 0 radical (unpaired) electrons. The number of halogens is 1. The first-order valence-electron chi connectivity index (χ1n) is 9.56. The molecule has 1 aliphatic heterocycles. The van der Waals surface area contributed by atoms with Crippen LogP contribution in [0.15, 0.2) is 54.6 Å². The normalized spacial score (nSPS) is 14.6. The zero-order valence-corrected chi connectivity index (χ0v) is 16.1. The van der Waals surface area contributed by atoms with Gasteiger partial charge in [0.1, 0.15) is 11.6 Å². The molecule has 2 aromatic carbocycles. The predicted molar refractivity (Wildman–Crippen MR) is 112 cm³/mol. The van der Waals surface area contributed by atoms with Gasteiger partial charge in [0.25, 0.3) is 5.69 Å². The van der Waals surface area contributed by atoms with Crippen molar-refractivity contribution in [2.45, 2.75) is 0 Å². The summed E-state index contributed by atoms with van der Waals surface area (Å²) in [4.78, 5) is 31.4. The Morgan fingerprint density at radius 3 is 2.60 bits per heavy atom. The van der Waals surface area contributed by atoms with E-state index >= 15 is 0 Å². The van der Waals surface area contributed by atoms with E-state index in [0.717, 1.165) is 11.2 Å². The van der Waals surface area contributed by atoms with E-state index in [1.807, 2.05) is 17.0 Å². The molecule has 154 valence electrons. The Kier molecular flexibility index (Phi) is 5.53. The Morgan fingerprint density at radius 2 is 1.87 bits per heavy atom. The van der Waals surface area contributed by atoms with Crippen LogP contribution in [0.25, 0.3) is 10.9 Å².